The molecule has 2 atom stereocenters. The summed E-state index contributed by atoms with van der Waals surface area (Å²) >= 11 is 2.10. The number of rotatable bonds is 5. The molecule has 19 heavy (non-hydrogen) atoms. The third-order valence-corrected chi connectivity index (χ3v) is 7.22. The van der Waals surface area contributed by atoms with Crippen molar-refractivity contribution in [2.45, 2.75) is 55.4 Å². The van der Waals surface area contributed by atoms with E-state index >= 15 is 0 Å². The lowest BCUT2D eigenvalue weighted by molar-refractivity contribution is -0.0109. The molecule has 0 aromatic rings. The summed E-state index contributed by atoms with van der Waals surface area (Å²) in [5.41, 5.74) is 6.83. The zero-order valence-corrected chi connectivity index (χ0v) is 13.9. The van der Waals surface area contributed by atoms with E-state index < -0.39 is 0 Å². The molecule has 112 valence electrons. The van der Waals surface area contributed by atoms with Gasteiger partial charge in [0.1, 0.15) is 0 Å². The molecule has 0 spiro atoms. The molecule has 2 unspecified atom stereocenters. The van der Waals surface area contributed by atoms with Gasteiger partial charge in [0, 0.05) is 29.4 Å². The molecule has 0 amide bonds. The highest BCUT2D eigenvalue weighted by Crippen LogP contribution is 2.42. The van der Waals surface area contributed by atoms with Gasteiger partial charge in [0.2, 0.25) is 0 Å². The normalized spacial score (nSPS) is 34.6. The number of likely N-dealkylation sites (N-methyl/N-ethyl adjacent to an activating group) is 2. The maximum absolute atomic E-state index is 6.22. The third-order valence-electron chi connectivity index (χ3n) is 5.76. The van der Waals surface area contributed by atoms with E-state index in [1.807, 2.05) is 0 Å². The molecule has 1 aliphatic heterocycles. The van der Waals surface area contributed by atoms with Gasteiger partial charge >= 0.3 is 0 Å². The number of hydrogen-bond acceptors (Lipinski definition) is 4. The zero-order valence-electron chi connectivity index (χ0n) is 13.1. The number of nitrogens with two attached hydrogens (primary N) is 1. The van der Waals surface area contributed by atoms with E-state index in [-0.39, 0.29) is 5.54 Å². The molecular weight excluding hydrogens is 254 g/mol. The van der Waals surface area contributed by atoms with Crippen molar-refractivity contribution in [1.82, 2.24) is 9.80 Å². The van der Waals surface area contributed by atoms with Gasteiger partial charge in [0.15, 0.2) is 0 Å². The maximum atomic E-state index is 6.22. The van der Waals surface area contributed by atoms with Crippen LogP contribution >= 0.6 is 11.8 Å². The van der Waals surface area contributed by atoms with Crippen LogP contribution in [0.1, 0.15) is 39.0 Å². The molecule has 2 fully saturated rings. The Balaban J connectivity index is 2.10. The molecule has 0 bridgehead atoms. The summed E-state index contributed by atoms with van der Waals surface area (Å²) in [4.78, 5) is 5.04. The van der Waals surface area contributed by atoms with Crippen LogP contribution in [0.5, 0.6) is 0 Å². The fourth-order valence-electron chi connectivity index (χ4n) is 3.85. The van der Waals surface area contributed by atoms with Crippen molar-refractivity contribution >= 4 is 11.8 Å². The van der Waals surface area contributed by atoms with Crippen molar-refractivity contribution < 1.29 is 0 Å². The predicted molar refractivity (Wildman–Crippen MR) is 85.8 cm³/mol. The molecule has 0 radical (unpaired) electrons. The van der Waals surface area contributed by atoms with Gasteiger partial charge in [-0.1, -0.05) is 6.92 Å². The summed E-state index contributed by atoms with van der Waals surface area (Å²) in [7, 11) is 6.78. The van der Waals surface area contributed by atoms with Crippen molar-refractivity contribution in [3.63, 3.8) is 0 Å². The summed E-state index contributed by atoms with van der Waals surface area (Å²) < 4.78 is 0. The Labute approximate surface area is 123 Å². The maximum Gasteiger partial charge on any atom is 0.0445 e. The van der Waals surface area contributed by atoms with Crippen LogP contribution in [-0.2, 0) is 0 Å². The summed E-state index contributed by atoms with van der Waals surface area (Å²) in [6.07, 6.45) is 6.63. The molecule has 0 aromatic carbocycles. The highest BCUT2D eigenvalue weighted by atomic mass is 32.2. The van der Waals surface area contributed by atoms with Gasteiger partial charge in [0.25, 0.3) is 0 Å². The van der Waals surface area contributed by atoms with Crippen molar-refractivity contribution in [2.75, 3.05) is 40.0 Å². The van der Waals surface area contributed by atoms with Crippen LogP contribution in [0.15, 0.2) is 0 Å². The summed E-state index contributed by atoms with van der Waals surface area (Å²) in [5, 5.41) is 0.649. The van der Waals surface area contributed by atoms with Crippen molar-refractivity contribution in [2.24, 2.45) is 5.73 Å². The smallest absolute Gasteiger partial charge is 0.0445 e. The van der Waals surface area contributed by atoms with E-state index in [1.54, 1.807) is 0 Å². The Morgan fingerprint density at radius 1 is 1.16 bits per heavy atom. The molecule has 2 rings (SSSR count). The topological polar surface area (TPSA) is 32.5 Å². The fraction of sp³-hybridized carbons (Fsp3) is 1.00. The first kappa shape index (κ1) is 15.6. The SMILES string of the molecule is CC1SCCCC1(CN)N(C)CC1(N(C)C)CCC1. The Morgan fingerprint density at radius 2 is 1.84 bits per heavy atom. The molecule has 2 aliphatic rings. The van der Waals surface area contributed by atoms with E-state index in [1.165, 1.54) is 44.4 Å². The van der Waals surface area contributed by atoms with E-state index in [0.717, 1.165) is 6.54 Å². The minimum Gasteiger partial charge on any atom is -0.329 e. The standard InChI is InChI=1S/C15H31N3S/c1-13-15(11-16,9-6-10-19-13)18(4)12-14(17(2)3)7-5-8-14/h13H,5-12,16H2,1-4H3. The Hall–Kier alpha value is 0.230. The zero-order chi connectivity index (χ0) is 14.1. The highest BCUT2D eigenvalue weighted by Gasteiger charge is 2.46. The lowest BCUT2D eigenvalue weighted by Gasteiger charge is -2.55. The van der Waals surface area contributed by atoms with Gasteiger partial charge in [-0.3, -0.25) is 4.90 Å². The quantitative estimate of drug-likeness (QED) is 0.837. The molecule has 1 heterocycles. The van der Waals surface area contributed by atoms with Crippen LogP contribution in [0.25, 0.3) is 0 Å². The van der Waals surface area contributed by atoms with Crippen LogP contribution in [0.3, 0.4) is 0 Å². The van der Waals surface area contributed by atoms with Crippen molar-refractivity contribution in [1.29, 1.82) is 0 Å². The van der Waals surface area contributed by atoms with Crippen molar-refractivity contribution in [3.8, 4) is 0 Å². The van der Waals surface area contributed by atoms with E-state index in [0.29, 0.717) is 10.8 Å². The largest absolute Gasteiger partial charge is 0.329 e. The number of nitrogens with zero attached hydrogens (tertiary/aromatic N) is 2. The van der Waals surface area contributed by atoms with Crippen LogP contribution in [-0.4, -0.2) is 66.1 Å². The monoisotopic (exact) mass is 285 g/mol. The average Bonchev–Trinajstić information content (AvgIpc) is 2.34. The number of hydrogen-bond donors (Lipinski definition) is 1. The van der Waals surface area contributed by atoms with Crippen molar-refractivity contribution in [3.05, 3.63) is 0 Å². The van der Waals surface area contributed by atoms with Gasteiger partial charge in [-0.2, -0.15) is 11.8 Å². The van der Waals surface area contributed by atoms with E-state index in [4.69, 9.17) is 5.73 Å². The molecule has 0 aromatic heterocycles. The predicted octanol–water partition coefficient (Wildman–Crippen LogP) is 2.02. The Kier molecular flexibility index (Phi) is 4.87. The van der Waals surface area contributed by atoms with Gasteiger partial charge in [0.05, 0.1) is 0 Å². The molecule has 1 aliphatic carbocycles. The lowest BCUT2D eigenvalue weighted by atomic mass is 9.74. The summed E-state index contributed by atoms with van der Waals surface area (Å²) in [5.74, 6) is 1.30. The van der Waals surface area contributed by atoms with Crippen LogP contribution in [0.2, 0.25) is 0 Å². The molecule has 1 saturated carbocycles. The van der Waals surface area contributed by atoms with Gasteiger partial charge in [-0.15, -0.1) is 0 Å². The minimum absolute atomic E-state index is 0.210. The Bertz CT molecular complexity index is 304. The average molecular weight is 286 g/mol. The fourth-order valence-corrected chi connectivity index (χ4v) is 5.22. The van der Waals surface area contributed by atoms with Crippen LogP contribution in [0.4, 0.5) is 0 Å². The Morgan fingerprint density at radius 3 is 2.26 bits per heavy atom. The highest BCUT2D eigenvalue weighted by molar-refractivity contribution is 8.00. The third kappa shape index (κ3) is 2.69. The lowest BCUT2D eigenvalue weighted by Crippen LogP contribution is -2.65. The number of thioether (sulfide) groups is 1. The molecule has 4 heteroatoms. The van der Waals surface area contributed by atoms with E-state index in [2.05, 4.69) is 49.6 Å². The second-order valence-electron chi connectivity index (χ2n) is 6.75. The second kappa shape index (κ2) is 5.92. The first-order valence-corrected chi connectivity index (χ1v) is 8.72. The summed E-state index contributed by atoms with van der Waals surface area (Å²) in [6, 6.07) is 0. The first-order chi connectivity index (χ1) is 8.97. The molecule has 3 nitrogen and oxygen atoms in total. The van der Waals surface area contributed by atoms with Gasteiger partial charge < -0.3 is 10.6 Å². The molecule has 1 saturated heterocycles. The second-order valence-corrected chi connectivity index (χ2v) is 8.20. The van der Waals surface area contributed by atoms with Gasteiger partial charge in [-0.25, -0.2) is 0 Å². The first-order valence-electron chi connectivity index (χ1n) is 7.67. The van der Waals surface area contributed by atoms with Crippen LogP contribution in [0, 0.1) is 0 Å². The minimum atomic E-state index is 0.210. The van der Waals surface area contributed by atoms with Crippen LogP contribution < -0.4 is 5.73 Å². The van der Waals surface area contributed by atoms with E-state index in [9.17, 15) is 0 Å². The van der Waals surface area contributed by atoms with Gasteiger partial charge in [-0.05, 0) is 59.0 Å². The molecular formula is C15H31N3S. The molecule has 2 N–H and O–H groups in total. The summed E-state index contributed by atoms with van der Waals surface area (Å²) in [6.45, 7) is 4.33.